The Morgan fingerprint density at radius 1 is 1.04 bits per heavy atom. The van der Waals surface area contributed by atoms with Gasteiger partial charge in [-0.25, -0.2) is 4.98 Å². The highest BCUT2D eigenvalue weighted by Gasteiger charge is 2.12. The number of benzene rings is 1. The minimum Gasteiger partial charge on any atom is -0.367 e. The van der Waals surface area contributed by atoms with Crippen LogP contribution in [0.1, 0.15) is 51.0 Å². The van der Waals surface area contributed by atoms with Crippen molar-refractivity contribution in [3.05, 3.63) is 42.1 Å². The highest BCUT2D eigenvalue weighted by atomic mass is 15.1. The largest absolute Gasteiger partial charge is 0.367 e. The summed E-state index contributed by atoms with van der Waals surface area (Å²) in [4.78, 5) is 8.99. The van der Waals surface area contributed by atoms with Crippen molar-refractivity contribution in [1.29, 1.82) is 0 Å². The molecule has 2 N–H and O–H groups in total. The summed E-state index contributed by atoms with van der Waals surface area (Å²) in [7, 11) is 0. The molecule has 1 aromatic carbocycles. The van der Waals surface area contributed by atoms with Crippen LogP contribution in [0.4, 0.5) is 17.5 Å². The van der Waals surface area contributed by atoms with E-state index in [4.69, 9.17) is 0 Å². The summed E-state index contributed by atoms with van der Waals surface area (Å²) in [5, 5.41) is 6.94. The third kappa shape index (κ3) is 4.44. The number of para-hydroxylation sites is 1. The summed E-state index contributed by atoms with van der Waals surface area (Å²) >= 11 is 0. The minimum absolute atomic E-state index is 0.545. The van der Waals surface area contributed by atoms with Crippen molar-refractivity contribution in [2.45, 2.75) is 57.9 Å². The predicted molar refractivity (Wildman–Crippen MR) is 96.2 cm³/mol. The fourth-order valence-electron chi connectivity index (χ4n) is 3.20. The van der Waals surface area contributed by atoms with Crippen LogP contribution in [0.3, 0.4) is 0 Å². The number of aromatic nitrogens is 2. The van der Waals surface area contributed by atoms with E-state index in [9.17, 15) is 0 Å². The number of anilines is 3. The van der Waals surface area contributed by atoms with Gasteiger partial charge in [-0.1, -0.05) is 50.8 Å². The second-order valence-electron chi connectivity index (χ2n) is 6.23. The third-order valence-electron chi connectivity index (χ3n) is 4.51. The Labute approximate surface area is 138 Å². The predicted octanol–water partition coefficient (Wildman–Crippen LogP) is 4.92. The summed E-state index contributed by atoms with van der Waals surface area (Å²) in [6.07, 6.45) is 10.7. The fraction of sp³-hybridized carbons (Fsp3) is 0.474. The van der Waals surface area contributed by atoms with E-state index in [1.165, 1.54) is 44.1 Å². The molecule has 1 fully saturated rings. The molecule has 0 amide bonds. The van der Waals surface area contributed by atoms with Gasteiger partial charge >= 0.3 is 0 Å². The molecule has 4 heteroatoms. The number of rotatable bonds is 5. The molecule has 122 valence electrons. The van der Waals surface area contributed by atoms with Gasteiger partial charge in [-0.2, -0.15) is 4.98 Å². The van der Waals surface area contributed by atoms with Gasteiger partial charge in [0, 0.05) is 17.9 Å². The summed E-state index contributed by atoms with van der Waals surface area (Å²) in [6.45, 7) is 2.16. The first-order valence-electron chi connectivity index (χ1n) is 8.79. The van der Waals surface area contributed by atoms with E-state index in [1.54, 1.807) is 0 Å². The van der Waals surface area contributed by atoms with Crippen LogP contribution in [0, 0.1) is 0 Å². The van der Waals surface area contributed by atoms with E-state index in [2.05, 4.69) is 45.7 Å². The SMILES string of the molecule is CCc1ccccc1Nc1nccc(NC2CCCCCC2)n1. The average molecular weight is 310 g/mol. The van der Waals surface area contributed by atoms with Crippen molar-refractivity contribution in [3.8, 4) is 0 Å². The van der Waals surface area contributed by atoms with Crippen molar-refractivity contribution in [2.24, 2.45) is 0 Å². The van der Waals surface area contributed by atoms with Gasteiger partial charge in [-0.3, -0.25) is 0 Å². The first kappa shape index (κ1) is 15.8. The summed E-state index contributed by atoms with van der Waals surface area (Å²) in [5.74, 6) is 1.58. The molecule has 0 spiro atoms. The zero-order chi connectivity index (χ0) is 15.9. The lowest BCUT2D eigenvalue weighted by atomic mass is 10.1. The van der Waals surface area contributed by atoms with Gasteiger partial charge in [0.1, 0.15) is 5.82 Å². The Kier molecular flexibility index (Phi) is 5.46. The van der Waals surface area contributed by atoms with Crippen LogP contribution < -0.4 is 10.6 Å². The first-order chi connectivity index (χ1) is 11.3. The van der Waals surface area contributed by atoms with Crippen LogP contribution in [-0.2, 0) is 6.42 Å². The molecule has 1 heterocycles. The summed E-state index contributed by atoms with van der Waals surface area (Å²) in [5.41, 5.74) is 2.36. The monoisotopic (exact) mass is 310 g/mol. The molecular formula is C19H26N4. The topological polar surface area (TPSA) is 49.8 Å². The maximum absolute atomic E-state index is 4.63. The van der Waals surface area contributed by atoms with Gasteiger partial charge in [0.15, 0.2) is 0 Å². The number of hydrogen-bond donors (Lipinski definition) is 2. The lowest BCUT2D eigenvalue weighted by Crippen LogP contribution is -2.19. The minimum atomic E-state index is 0.545. The maximum Gasteiger partial charge on any atom is 0.229 e. The van der Waals surface area contributed by atoms with Crippen molar-refractivity contribution in [2.75, 3.05) is 10.6 Å². The zero-order valence-corrected chi connectivity index (χ0v) is 13.9. The van der Waals surface area contributed by atoms with E-state index >= 15 is 0 Å². The van der Waals surface area contributed by atoms with Crippen molar-refractivity contribution in [3.63, 3.8) is 0 Å². The molecule has 0 unspecified atom stereocenters. The maximum atomic E-state index is 4.63. The number of hydrogen-bond acceptors (Lipinski definition) is 4. The lowest BCUT2D eigenvalue weighted by molar-refractivity contribution is 0.617. The van der Waals surface area contributed by atoms with Crippen LogP contribution in [0.2, 0.25) is 0 Å². The molecule has 1 aliphatic carbocycles. The summed E-state index contributed by atoms with van der Waals surface area (Å²) in [6, 6.07) is 10.8. The lowest BCUT2D eigenvalue weighted by Gasteiger charge is -2.17. The van der Waals surface area contributed by atoms with Crippen molar-refractivity contribution < 1.29 is 0 Å². The second kappa shape index (κ2) is 7.95. The van der Waals surface area contributed by atoms with Gasteiger partial charge < -0.3 is 10.6 Å². The molecule has 0 atom stereocenters. The normalized spacial score (nSPS) is 15.9. The van der Waals surface area contributed by atoms with Gasteiger partial charge in [-0.05, 0) is 37.0 Å². The second-order valence-corrected chi connectivity index (χ2v) is 6.23. The highest BCUT2D eigenvalue weighted by molar-refractivity contribution is 5.59. The highest BCUT2D eigenvalue weighted by Crippen LogP contribution is 2.22. The van der Waals surface area contributed by atoms with Gasteiger partial charge in [0.2, 0.25) is 5.95 Å². The Bertz CT molecular complexity index is 618. The van der Waals surface area contributed by atoms with Crippen LogP contribution in [0.5, 0.6) is 0 Å². The molecule has 3 rings (SSSR count). The van der Waals surface area contributed by atoms with E-state index in [1.807, 2.05) is 18.3 Å². The van der Waals surface area contributed by atoms with Crippen LogP contribution >= 0.6 is 0 Å². The van der Waals surface area contributed by atoms with Gasteiger partial charge in [0.05, 0.1) is 0 Å². The van der Waals surface area contributed by atoms with Gasteiger partial charge in [-0.15, -0.1) is 0 Å². The Balaban J connectivity index is 1.69. The summed E-state index contributed by atoms with van der Waals surface area (Å²) < 4.78 is 0. The number of aryl methyl sites for hydroxylation is 1. The molecule has 23 heavy (non-hydrogen) atoms. The van der Waals surface area contributed by atoms with Crippen LogP contribution in [-0.4, -0.2) is 16.0 Å². The molecule has 2 aromatic rings. The molecule has 0 radical (unpaired) electrons. The van der Waals surface area contributed by atoms with Crippen molar-refractivity contribution in [1.82, 2.24) is 9.97 Å². The molecule has 0 bridgehead atoms. The van der Waals surface area contributed by atoms with E-state index in [0.29, 0.717) is 12.0 Å². The molecule has 0 aliphatic heterocycles. The van der Waals surface area contributed by atoms with Gasteiger partial charge in [0.25, 0.3) is 0 Å². The molecule has 0 saturated heterocycles. The quantitative estimate of drug-likeness (QED) is 0.770. The van der Waals surface area contributed by atoms with Crippen LogP contribution in [0.25, 0.3) is 0 Å². The Hall–Kier alpha value is -2.10. The Morgan fingerprint density at radius 3 is 2.61 bits per heavy atom. The van der Waals surface area contributed by atoms with E-state index in [0.717, 1.165) is 17.9 Å². The van der Waals surface area contributed by atoms with E-state index in [-0.39, 0.29) is 0 Å². The molecule has 4 nitrogen and oxygen atoms in total. The molecular weight excluding hydrogens is 284 g/mol. The smallest absolute Gasteiger partial charge is 0.229 e. The zero-order valence-electron chi connectivity index (χ0n) is 13.9. The first-order valence-corrected chi connectivity index (χ1v) is 8.79. The standard InChI is InChI=1S/C19H26N4/c1-2-15-9-7-8-12-17(15)22-19-20-14-13-18(23-19)21-16-10-5-3-4-6-11-16/h7-9,12-14,16H,2-6,10-11H2,1H3,(H2,20,21,22,23). The molecule has 1 saturated carbocycles. The average Bonchev–Trinajstić information content (AvgIpc) is 2.84. The molecule has 1 aliphatic rings. The Morgan fingerprint density at radius 2 is 1.83 bits per heavy atom. The van der Waals surface area contributed by atoms with E-state index < -0.39 is 0 Å². The molecule has 1 aromatic heterocycles. The third-order valence-corrected chi connectivity index (χ3v) is 4.51. The number of nitrogens with one attached hydrogen (secondary N) is 2. The fourth-order valence-corrected chi connectivity index (χ4v) is 3.20. The van der Waals surface area contributed by atoms with Crippen LogP contribution in [0.15, 0.2) is 36.5 Å². The number of nitrogens with zero attached hydrogens (tertiary/aromatic N) is 2. The van der Waals surface area contributed by atoms with Crippen molar-refractivity contribution >= 4 is 17.5 Å².